The number of hydrogen-bond donors (Lipinski definition) is 2. The van der Waals surface area contributed by atoms with Crippen LogP contribution in [0, 0.1) is 0 Å². The molecule has 2 N–H and O–H groups in total. The summed E-state index contributed by atoms with van der Waals surface area (Å²) in [5, 5.41) is 10.3. The number of halogens is 2. The first-order chi connectivity index (χ1) is 14.6. The molecule has 150 valence electrons. The normalized spacial score (nSPS) is 11.1. The number of rotatable bonds is 6. The molecule has 30 heavy (non-hydrogen) atoms. The van der Waals surface area contributed by atoms with Gasteiger partial charge >= 0.3 is 0 Å². The highest BCUT2D eigenvalue weighted by Crippen LogP contribution is 2.31. The molecule has 0 aliphatic rings. The topological polar surface area (TPSA) is 66.6 Å². The smallest absolute Gasteiger partial charge is 0.259 e. The van der Waals surface area contributed by atoms with E-state index in [2.05, 4.69) is 15.8 Å². The third kappa shape index (κ3) is 4.64. The predicted molar refractivity (Wildman–Crippen MR) is 122 cm³/mol. The molecule has 0 aliphatic heterocycles. The minimum absolute atomic E-state index is 0.0902. The Bertz CT molecular complexity index is 1230. The van der Waals surface area contributed by atoms with Crippen LogP contribution in [0.4, 0.5) is 5.69 Å². The van der Waals surface area contributed by atoms with E-state index in [4.69, 9.17) is 27.6 Å². The van der Waals surface area contributed by atoms with Crippen molar-refractivity contribution in [2.45, 2.75) is 0 Å². The average Bonchev–Trinajstić information content (AvgIpc) is 3.22. The number of hydrogen-bond acceptors (Lipinski definition) is 4. The highest BCUT2D eigenvalue weighted by molar-refractivity contribution is 6.35. The van der Waals surface area contributed by atoms with Crippen LogP contribution in [0.25, 0.3) is 22.1 Å². The van der Waals surface area contributed by atoms with E-state index < -0.39 is 0 Å². The monoisotopic (exact) mass is 437 g/mol. The number of carbonyl (C=O) groups is 1. The second kappa shape index (κ2) is 9.03. The maximum absolute atomic E-state index is 12.1. The van der Waals surface area contributed by atoms with Crippen molar-refractivity contribution in [2.24, 2.45) is 5.10 Å². The lowest BCUT2D eigenvalue weighted by molar-refractivity contribution is -0.119. The Kier molecular flexibility index (Phi) is 6.02. The third-order valence-electron chi connectivity index (χ3n) is 4.43. The van der Waals surface area contributed by atoms with E-state index in [9.17, 15) is 4.79 Å². The summed E-state index contributed by atoms with van der Waals surface area (Å²) in [6.45, 7) is 0.0902. The SMILES string of the molecule is O=C(CNc1cccc2ccccc12)N/N=C\c1ccc(-c2cc(Cl)ccc2Cl)o1. The molecule has 7 heteroatoms. The lowest BCUT2D eigenvalue weighted by atomic mass is 10.1. The number of nitrogens with zero attached hydrogens (tertiary/aromatic N) is 1. The lowest BCUT2D eigenvalue weighted by Gasteiger charge is -2.08. The molecule has 0 atom stereocenters. The summed E-state index contributed by atoms with van der Waals surface area (Å²) in [5.41, 5.74) is 4.06. The standard InChI is InChI=1S/C23H17Cl2N3O2/c24-16-8-10-20(25)19(12-16)22-11-9-17(30-22)13-27-28-23(29)14-26-21-7-3-5-15-4-1-2-6-18(15)21/h1-13,26H,14H2,(H,28,29)/b27-13-. The van der Waals surface area contributed by atoms with Gasteiger partial charge in [-0.15, -0.1) is 0 Å². The Balaban J connectivity index is 1.35. The average molecular weight is 438 g/mol. The van der Waals surface area contributed by atoms with Crippen molar-refractivity contribution in [3.05, 3.63) is 88.6 Å². The number of fused-ring (bicyclic) bond motifs is 1. The molecule has 0 saturated heterocycles. The molecule has 0 saturated carbocycles. The third-order valence-corrected chi connectivity index (χ3v) is 5.00. The molecular formula is C23H17Cl2N3O2. The summed E-state index contributed by atoms with van der Waals surface area (Å²) in [6, 6.07) is 22.5. The van der Waals surface area contributed by atoms with Gasteiger partial charge in [-0.3, -0.25) is 4.79 Å². The number of amides is 1. The van der Waals surface area contributed by atoms with Crippen LogP contribution in [-0.4, -0.2) is 18.7 Å². The Morgan fingerprint density at radius 1 is 1.00 bits per heavy atom. The van der Waals surface area contributed by atoms with Crippen LogP contribution in [-0.2, 0) is 4.79 Å². The molecule has 0 fully saturated rings. The summed E-state index contributed by atoms with van der Waals surface area (Å²) in [5.74, 6) is 0.764. The molecule has 0 spiro atoms. The Morgan fingerprint density at radius 2 is 1.83 bits per heavy atom. The molecule has 1 amide bonds. The van der Waals surface area contributed by atoms with Gasteiger partial charge in [-0.1, -0.05) is 59.6 Å². The zero-order valence-electron chi connectivity index (χ0n) is 15.7. The van der Waals surface area contributed by atoms with Crippen LogP contribution in [0.1, 0.15) is 5.76 Å². The number of carbonyl (C=O) groups excluding carboxylic acids is 1. The van der Waals surface area contributed by atoms with E-state index in [1.54, 1.807) is 30.3 Å². The van der Waals surface area contributed by atoms with Crippen molar-refractivity contribution >= 4 is 51.8 Å². The molecule has 0 unspecified atom stereocenters. The Morgan fingerprint density at radius 3 is 2.73 bits per heavy atom. The van der Waals surface area contributed by atoms with Crippen molar-refractivity contribution in [3.63, 3.8) is 0 Å². The summed E-state index contributed by atoms with van der Waals surface area (Å²) in [4.78, 5) is 12.1. The minimum Gasteiger partial charge on any atom is -0.455 e. The van der Waals surface area contributed by atoms with Crippen LogP contribution < -0.4 is 10.7 Å². The first kappa shape index (κ1) is 20.0. The Labute approximate surface area is 183 Å². The minimum atomic E-state index is -0.274. The summed E-state index contributed by atoms with van der Waals surface area (Å²) >= 11 is 12.2. The number of anilines is 1. The number of furan rings is 1. The van der Waals surface area contributed by atoms with Gasteiger partial charge < -0.3 is 9.73 Å². The van der Waals surface area contributed by atoms with Gasteiger partial charge in [-0.2, -0.15) is 5.10 Å². The summed E-state index contributed by atoms with van der Waals surface area (Å²) in [7, 11) is 0. The molecule has 5 nitrogen and oxygen atoms in total. The van der Waals surface area contributed by atoms with Crippen LogP contribution in [0.3, 0.4) is 0 Å². The van der Waals surface area contributed by atoms with Crippen LogP contribution in [0.5, 0.6) is 0 Å². The van der Waals surface area contributed by atoms with Crippen molar-refractivity contribution in [2.75, 3.05) is 11.9 Å². The van der Waals surface area contributed by atoms with Gasteiger partial charge in [-0.05, 0) is 41.8 Å². The van der Waals surface area contributed by atoms with E-state index in [1.165, 1.54) is 6.21 Å². The number of hydrazone groups is 1. The van der Waals surface area contributed by atoms with E-state index in [-0.39, 0.29) is 12.5 Å². The second-order valence-corrected chi connectivity index (χ2v) is 7.34. The summed E-state index contributed by atoms with van der Waals surface area (Å²) in [6.07, 6.45) is 1.43. The second-order valence-electron chi connectivity index (χ2n) is 6.50. The molecular weight excluding hydrogens is 421 g/mol. The number of benzene rings is 3. The van der Waals surface area contributed by atoms with E-state index in [0.717, 1.165) is 16.5 Å². The zero-order valence-corrected chi connectivity index (χ0v) is 17.2. The fourth-order valence-corrected chi connectivity index (χ4v) is 3.40. The van der Waals surface area contributed by atoms with Gasteiger partial charge in [-0.25, -0.2) is 5.43 Å². The van der Waals surface area contributed by atoms with Crippen LogP contribution in [0.15, 0.2) is 82.3 Å². The largest absolute Gasteiger partial charge is 0.455 e. The van der Waals surface area contributed by atoms with Gasteiger partial charge in [0.25, 0.3) is 5.91 Å². The first-order valence-corrected chi connectivity index (χ1v) is 9.94. The quantitative estimate of drug-likeness (QED) is 0.288. The van der Waals surface area contributed by atoms with Gasteiger partial charge in [0, 0.05) is 21.7 Å². The maximum atomic E-state index is 12.1. The van der Waals surface area contributed by atoms with Crippen molar-refractivity contribution in [1.82, 2.24) is 5.43 Å². The zero-order chi connectivity index (χ0) is 20.9. The summed E-state index contributed by atoms with van der Waals surface area (Å²) < 4.78 is 5.71. The molecule has 3 aromatic carbocycles. The van der Waals surface area contributed by atoms with Gasteiger partial charge in [0.05, 0.1) is 17.8 Å². The van der Waals surface area contributed by atoms with E-state index in [1.807, 2.05) is 42.5 Å². The molecule has 1 heterocycles. The molecule has 0 aliphatic carbocycles. The van der Waals surface area contributed by atoms with Gasteiger partial charge in [0.2, 0.25) is 0 Å². The van der Waals surface area contributed by atoms with E-state index in [0.29, 0.717) is 27.1 Å². The number of nitrogens with one attached hydrogen (secondary N) is 2. The van der Waals surface area contributed by atoms with Crippen LogP contribution in [0.2, 0.25) is 10.0 Å². The molecule has 4 rings (SSSR count). The highest BCUT2D eigenvalue weighted by atomic mass is 35.5. The lowest BCUT2D eigenvalue weighted by Crippen LogP contribution is -2.25. The predicted octanol–water partition coefficient (Wildman–Crippen LogP) is 5.97. The molecule has 0 radical (unpaired) electrons. The van der Waals surface area contributed by atoms with Crippen LogP contribution >= 0.6 is 23.2 Å². The maximum Gasteiger partial charge on any atom is 0.259 e. The van der Waals surface area contributed by atoms with Gasteiger partial charge in [0.1, 0.15) is 11.5 Å². The van der Waals surface area contributed by atoms with Crippen molar-refractivity contribution < 1.29 is 9.21 Å². The molecule has 0 bridgehead atoms. The first-order valence-electron chi connectivity index (χ1n) is 9.19. The molecule has 4 aromatic rings. The fraction of sp³-hybridized carbons (Fsp3) is 0.0435. The van der Waals surface area contributed by atoms with Crippen molar-refractivity contribution in [3.8, 4) is 11.3 Å². The van der Waals surface area contributed by atoms with E-state index >= 15 is 0 Å². The van der Waals surface area contributed by atoms with Gasteiger partial charge in [0.15, 0.2) is 0 Å². The molecule has 1 aromatic heterocycles. The highest BCUT2D eigenvalue weighted by Gasteiger charge is 2.09. The Hall–Kier alpha value is -3.28. The fourth-order valence-electron chi connectivity index (χ4n) is 3.02. The van der Waals surface area contributed by atoms with Crippen molar-refractivity contribution in [1.29, 1.82) is 0 Å².